The normalized spacial score (nSPS) is 10.5. The SMILES string of the molecule is C=C(C)CC(=O)c1cnn2ccncc12. The average molecular weight is 201 g/mol. The highest BCUT2D eigenvalue weighted by Gasteiger charge is 2.12. The maximum atomic E-state index is 11.8. The Morgan fingerprint density at radius 3 is 3.07 bits per heavy atom. The van der Waals surface area contributed by atoms with E-state index in [9.17, 15) is 4.79 Å². The second-order valence-corrected chi connectivity index (χ2v) is 3.52. The fourth-order valence-corrected chi connectivity index (χ4v) is 1.42. The van der Waals surface area contributed by atoms with Gasteiger partial charge in [-0.05, 0) is 6.92 Å². The number of ketones is 1. The summed E-state index contributed by atoms with van der Waals surface area (Å²) in [6.45, 7) is 5.56. The van der Waals surface area contributed by atoms with Crippen LogP contribution in [0.2, 0.25) is 0 Å². The lowest BCUT2D eigenvalue weighted by molar-refractivity contribution is 0.0994. The maximum Gasteiger partial charge on any atom is 0.170 e. The number of hydrogen-bond acceptors (Lipinski definition) is 3. The molecule has 0 aliphatic carbocycles. The lowest BCUT2D eigenvalue weighted by atomic mass is 10.1. The summed E-state index contributed by atoms with van der Waals surface area (Å²) in [7, 11) is 0. The Morgan fingerprint density at radius 2 is 2.33 bits per heavy atom. The molecule has 15 heavy (non-hydrogen) atoms. The van der Waals surface area contributed by atoms with Crippen molar-refractivity contribution in [3.05, 3.63) is 42.5 Å². The van der Waals surface area contributed by atoms with Gasteiger partial charge in [-0.2, -0.15) is 5.10 Å². The molecular weight excluding hydrogens is 190 g/mol. The molecule has 0 saturated carbocycles. The van der Waals surface area contributed by atoms with Crippen molar-refractivity contribution in [2.75, 3.05) is 0 Å². The number of fused-ring (bicyclic) bond motifs is 1. The Hall–Kier alpha value is -1.97. The third-order valence-electron chi connectivity index (χ3n) is 2.09. The molecule has 0 aliphatic heterocycles. The second kappa shape index (κ2) is 3.65. The molecule has 4 heteroatoms. The van der Waals surface area contributed by atoms with E-state index in [-0.39, 0.29) is 5.78 Å². The Morgan fingerprint density at radius 1 is 1.53 bits per heavy atom. The molecule has 2 heterocycles. The van der Waals surface area contributed by atoms with Crippen molar-refractivity contribution in [3.8, 4) is 0 Å². The number of rotatable bonds is 3. The minimum absolute atomic E-state index is 0.0329. The van der Waals surface area contributed by atoms with Gasteiger partial charge in [-0.15, -0.1) is 0 Å². The monoisotopic (exact) mass is 201 g/mol. The lowest BCUT2D eigenvalue weighted by Gasteiger charge is -1.97. The highest BCUT2D eigenvalue weighted by atomic mass is 16.1. The molecule has 76 valence electrons. The van der Waals surface area contributed by atoms with Crippen molar-refractivity contribution in [3.63, 3.8) is 0 Å². The number of allylic oxidation sites excluding steroid dienone is 1. The van der Waals surface area contributed by atoms with Gasteiger partial charge in [-0.25, -0.2) is 4.52 Å². The van der Waals surface area contributed by atoms with Crippen molar-refractivity contribution in [2.24, 2.45) is 0 Å². The first-order valence-corrected chi connectivity index (χ1v) is 4.63. The van der Waals surface area contributed by atoms with Crippen molar-refractivity contribution < 1.29 is 4.79 Å². The van der Waals surface area contributed by atoms with Crippen molar-refractivity contribution in [1.29, 1.82) is 0 Å². The fourth-order valence-electron chi connectivity index (χ4n) is 1.42. The van der Waals surface area contributed by atoms with Gasteiger partial charge in [0, 0.05) is 18.8 Å². The summed E-state index contributed by atoms with van der Waals surface area (Å²) in [6.07, 6.45) is 6.91. The molecule has 2 aromatic rings. The molecular formula is C11H11N3O. The van der Waals surface area contributed by atoms with E-state index in [2.05, 4.69) is 16.7 Å². The van der Waals surface area contributed by atoms with Gasteiger partial charge in [0.2, 0.25) is 0 Å². The van der Waals surface area contributed by atoms with Gasteiger partial charge in [-0.1, -0.05) is 12.2 Å². The maximum absolute atomic E-state index is 11.8. The molecule has 0 fully saturated rings. The highest BCUT2D eigenvalue weighted by Crippen LogP contribution is 2.13. The molecule has 0 unspecified atom stereocenters. The van der Waals surface area contributed by atoms with E-state index in [1.54, 1.807) is 29.3 Å². The summed E-state index contributed by atoms with van der Waals surface area (Å²) in [4.78, 5) is 15.8. The molecule has 0 amide bonds. The molecule has 2 rings (SSSR count). The van der Waals surface area contributed by atoms with Gasteiger partial charge in [-0.3, -0.25) is 9.78 Å². The predicted molar refractivity (Wildman–Crippen MR) is 56.7 cm³/mol. The largest absolute Gasteiger partial charge is 0.294 e. The number of aromatic nitrogens is 3. The van der Waals surface area contributed by atoms with E-state index in [1.165, 1.54) is 0 Å². The van der Waals surface area contributed by atoms with Crippen LogP contribution in [-0.2, 0) is 0 Å². The number of nitrogens with zero attached hydrogens (tertiary/aromatic N) is 3. The van der Waals surface area contributed by atoms with E-state index >= 15 is 0 Å². The van der Waals surface area contributed by atoms with Gasteiger partial charge in [0.1, 0.15) is 0 Å². The summed E-state index contributed by atoms with van der Waals surface area (Å²) in [5, 5.41) is 4.07. The first-order chi connectivity index (χ1) is 7.18. The Kier molecular flexibility index (Phi) is 2.33. The number of hydrogen-bond donors (Lipinski definition) is 0. The van der Waals surface area contributed by atoms with Crippen molar-refractivity contribution in [1.82, 2.24) is 14.6 Å². The van der Waals surface area contributed by atoms with Crippen LogP contribution in [-0.4, -0.2) is 20.4 Å². The number of carbonyl (C=O) groups is 1. The highest BCUT2D eigenvalue weighted by molar-refractivity contribution is 6.03. The third kappa shape index (κ3) is 1.79. The molecule has 0 N–H and O–H groups in total. The summed E-state index contributed by atoms with van der Waals surface area (Å²) < 4.78 is 1.64. The molecule has 0 radical (unpaired) electrons. The van der Waals surface area contributed by atoms with Gasteiger partial charge in [0.05, 0.1) is 23.5 Å². The van der Waals surface area contributed by atoms with Crippen LogP contribution in [0.3, 0.4) is 0 Å². The molecule has 0 atom stereocenters. The zero-order chi connectivity index (χ0) is 10.8. The summed E-state index contributed by atoms with van der Waals surface area (Å²) in [5.74, 6) is 0.0329. The van der Waals surface area contributed by atoms with Crippen LogP contribution in [0.15, 0.2) is 36.9 Å². The van der Waals surface area contributed by atoms with Crippen LogP contribution in [0.1, 0.15) is 23.7 Å². The zero-order valence-electron chi connectivity index (χ0n) is 8.47. The van der Waals surface area contributed by atoms with Crippen LogP contribution < -0.4 is 0 Å². The summed E-state index contributed by atoms with van der Waals surface area (Å²) in [5.41, 5.74) is 2.19. The van der Waals surface area contributed by atoms with E-state index < -0.39 is 0 Å². The van der Waals surface area contributed by atoms with E-state index in [0.717, 1.165) is 11.1 Å². The summed E-state index contributed by atoms with van der Waals surface area (Å²) >= 11 is 0. The second-order valence-electron chi connectivity index (χ2n) is 3.52. The van der Waals surface area contributed by atoms with Crippen LogP contribution in [0.25, 0.3) is 5.52 Å². The Labute approximate surface area is 87.3 Å². The minimum Gasteiger partial charge on any atom is -0.294 e. The molecule has 0 saturated heterocycles. The minimum atomic E-state index is 0.0329. The van der Waals surface area contributed by atoms with Gasteiger partial charge < -0.3 is 0 Å². The van der Waals surface area contributed by atoms with Gasteiger partial charge in [0.25, 0.3) is 0 Å². The summed E-state index contributed by atoms with van der Waals surface area (Å²) in [6, 6.07) is 0. The fraction of sp³-hybridized carbons (Fsp3) is 0.182. The Bertz CT molecular complexity index is 527. The van der Waals surface area contributed by atoms with E-state index in [0.29, 0.717) is 12.0 Å². The quantitative estimate of drug-likeness (QED) is 0.562. The van der Waals surface area contributed by atoms with Gasteiger partial charge in [0.15, 0.2) is 5.78 Å². The van der Waals surface area contributed by atoms with Gasteiger partial charge >= 0.3 is 0 Å². The molecule has 2 aromatic heterocycles. The average Bonchev–Trinajstić information content (AvgIpc) is 2.59. The smallest absolute Gasteiger partial charge is 0.170 e. The predicted octanol–water partition coefficient (Wildman–Crippen LogP) is 1.88. The third-order valence-corrected chi connectivity index (χ3v) is 2.09. The number of carbonyl (C=O) groups excluding carboxylic acids is 1. The molecule has 0 spiro atoms. The standard InChI is InChI=1S/C11H11N3O/c1-8(2)5-11(15)9-6-13-14-4-3-12-7-10(9)14/h3-4,6-7H,1,5H2,2H3. The molecule has 0 aliphatic rings. The Balaban J connectivity index is 2.44. The number of Topliss-reactive ketones (excluding diaryl/α,β-unsaturated/α-hetero) is 1. The van der Waals surface area contributed by atoms with Crippen LogP contribution in [0.4, 0.5) is 0 Å². The van der Waals surface area contributed by atoms with Crippen molar-refractivity contribution in [2.45, 2.75) is 13.3 Å². The topological polar surface area (TPSA) is 47.3 Å². The lowest BCUT2D eigenvalue weighted by Crippen LogP contribution is -1.98. The first-order valence-electron chi connectivity index (χ1n) is 4.63. The van der Waals surface area contributed by atoms with Crippen LogP contribution in [0.5, 0.6) is 0 Å². The van der Waals surface area contributed by atoms with E-state index in [4.69, 9.17) is 0 Å². The zero-order valence-corrected chi connectivity index (χ0v) is 8.47. The molecule has 4 nitrogen and oxygen atoms in total. The molecule has 0 bridgehead atoms. The van der Waals surface area contributed by atoms with Crippen LogP contribution >= 0.6 is 0 Å². The van der Waals surface area contributed by atoms with Crippen molar-refractivity contribution >= 4 is 11.3 Å². The van der Waals surface area contributed by atoms with Crippen LogP contribution in [0, 0.1) is 0 Å². The first kappa shape index (κ1) is 9.58. The van der Waals surface area contributed by atoms with E-state index in [1.807, 2.05) is 6.92 Å². The molecule has 0 aromatic carbocycles.